The number of hydrogen-bond acceptors (Lipinski definition) is 3. The van der Waals surface area contributed by atoms with Gasteiger partial charge in [0.05, 0.1) is 6.42 Å². The average molecular weight is 360 g/mol. The van der Waals surface area contributed by atoms with Gasteiger partial charge < -0.3 is 15.0 Å². The summed E-state index contributed by atoms with van der Waals surface area (Å²) < 4.78 is 5.45. The van der Waals surface area contributed by atoms with Crippen LogP contribution in [0.5, 0.6) is 0 Å². The number of piperidine rings is 1. The number of benzene rings is 1. The predicted molar refractivity (Wildman–Crippen MR) is 103 cm³/mol. The van der Waals surface area contributed by atoms with Gasteiger partial charge in [0, 0.05) is 19.6 Å². The summed E-state index contributed by atoms with van der Waals surface area (Å²) in [6.45, 7) is 11.7. The Bertz CT molecular complexity index is 649. The second-order valence-electron chi connectivity index (χ2n) is 8.35. The molecule has 1 aromatic rings. The molecule has 26 heavy (non-hydrogen) atoms. The highest BCUT2D eigenvalue weighted by Crippen LogP contribution is 2.19. The van der Waals surface area contributed by atoms with Gasteiger partial charge in [0.15, 0.2) is 0 Å². The Labute approximate surface area is 157 Å². The van der Waals surface area contributed by atoms with Crippen LogP contribution in [-0.2, 0) is 16.0 Å². The number of carbonyl (C=O) groups is 2. The lowest BCUT2D eigenvalue weighted by Gasteiger charge is -2.34. The van der Waals surface area contributed by atoms with E-state index in [0.29, 0.717) is 19.5 Å². The molecular weight excluding hydrogens is 328 g/mol. The number of ether oxygens (including phenoxy) is 1. The Morgan fingerprint density at radius 3 is 2.69 bits per heavy atom. The second kappa shape index (κ2) is 8.56. The molecule has 0 saturated carbocycles. The van der Waals surface area contributed by atoms with Gasteiger partial charge in [-0.15, -0.1) is 0 Å². The fourth-order valence-corrected chi connectivity index (χ4v) is 3.21. The van der Waals surface area contributed by atoms with Crippen molar-refractivity contribution >= 4 is 12.0 Å². The van der Waals surface area contributed by atoms with Gasteiger partial charge in [0.2, 0.25) is 5.91 Å². The van der Waals surface area contributed by atoms with Gasteiger partial charge in [-0.25, -0.2) is 4.79 Å². The molecule has 1 saturated heterocycles. The van der Waals surface area contributed by atoms with Gasteiger partial charge in [-0.2, -0.15) is 0 Å². The van der Waals surface area contributed by atoms with Gasteiger partial charge in [0.1, 0.15) is 5.60 Å². The van der Waals surface area contributed by atoms with Crippen LogP contribution in [0, 0.1) is 19.8 Å². The molecule has 0 radical (unpaired) electrons. The van der Waals surface area contributed by atoms with Gasteiger partial charge >= 0.3 is 6.09 Å². The molecule has 2 rings (SSSR count). The maximum atomic E-state index is 12.3. The summed E-state index contributed by atoms with van der Waals surface area (Å²) >= 11 is 0. The molecule has 1 N–H and O–H groups in total. The Balaban J connectivity index is 1.82. The largest absolute Gasteiger partial charge is 0.444 e. The molecule has 0 aromatic heterocycles. The maximum absolute atomic E-state index is 12.3. The number of amides is 2. The van der Waals surface area contributed by atoms with E-state index in [1.807, 2.05) is 34.6 Å². The quantitative estimate of drug-likeness (QED) is 0.892. The average Bonchev–Trinajstić information content (AvgIpc) is 2.55. The molecule has 5 nitrogen and oxygen atoms in total. The van der Waals surface area contributed by atoms with Crippen molar-refractivity contribution < 1.29 is 14.3 Å². The van der Waals surface area contributed by atoms with Crippen LogP contribution in [0.15, 0.2) is 18.2 Å². The van der Waals surface area contributed by atoms with Crippen molar-refractivity contribution in [1.82, 2.24) is 10.2 Å². The van der Waals surface area contributed by atoms with E-state index < -0.39 is 5.60 Å². The summed E-state index contributed by atoms with van der Waals surface area (Å²) in [5.74, 6) is 0.312. The molecule has 1 atom stereocenters. The first-order chi connectivity index (χ1) is 12.1. The standard InChI is InChI=1S/C21H32N2O3/c1-15-8-9-16(2)18(11-15)12-19(24)22-13-17-7-6-10-23(14-17)20(25)26-21(3,4)5/h8-9,11,17H,6-7,10,12-14H2,1-5H3,(H,22,24). The fraction of sp³-hybridized carbons (Fsp3) is 0.619. The monoisotopic (exact) mass is 360 g/mol. The van der Waals surface area contributed by atoms with E-state index in [0.717, 1.165) is 30.5 Å². The third-order valence-electron chi connectivity index (χ3n) is 4.61. The Kier molecular flexibility index (Phi) is 6.68. The minimum absolute atomic E-state index is 0.0353. The topological polar surface area (TPSA) is 58.6 Å². The number of carbonyl (C=O) groups excluding carboxylic acids is 2. The maximum Gasteiger partial charge on any atom is 0.410 e. The summed E-state index contributed by atoms with van der Waals surface area (Å²) in [5.41, 5.74) is 2.89. The van der Waals surface area contributed by atoms with Crippen LogP contribution in [0.25, 0.3) is 0 Å². The predicted octanol–water partition coefficient (Wildman–Crippen LogP) is 3.61. The van der Waals surface area contributed by atoms with Crippen molar-refractivity contribution in [3.63, 3.8) is 0 Å². The normalized spacial score (nSPS) is 17.7. The van der Waals surface area contributed by atoms with E-state index in [1.165, 1.54) is 5.56 Å². The summed E-state index contributed by atoms with van der Waals surface area (Å²) in [6, 6.07) is 6.18. The molecule has 0 bridgehead atoms. The zero-order chi connectivity index (χ0) is 19.3. The number of nitrogens with one attached hydrogen (secondary N) is 1. The van der Waals surface area contributed by atoms with E-state index in [2.05, 4.69) is 23.5 Å². The highest BCUT2D eigenvalue weighted by molar-refractivity contribution is 5.79. The number of aryl methyl sites for hydroxylation is 2. The van der Waals surface area contributed by atoms with Crippen LogP contribution in [0.1, 0.15) is 50.3 Å². The molecule has 1 fully saturated rings. The van der Waals surface area contributed by atoms with Crippen LogP contribution in [0.3, 0.4) is 0 Å². The fourth-order valence-electron chi connectivity index (χ4n) is 3.21. The Morgan fingerprint density at radius 2 is 2.00 bits per heavy atom. The van der Waals surface area contributed by atoms with Gasteiger partial charge in [-0.3, -0.25) is 4.79 Å². The first-order valence-corrected chi connectivity index (χ1v) is 9.45. The highest BCUT2D eigenvalue weighted by atomic mass is 16.6. The summed E-state index contributed by atoms with van der Waals surface area (Å²) in [5, 5.41) is 3.04. The minimum atomic E-state index is -0.482. The third-order valence-corrected chi connectivity index (χ3v) is 4.61. The van der Waals surface area contributed by atoms with E-state index >= 15 is 0 Å². The number of hydrogen-bond donors (Lipinski definition) is 1. The lowest BCUT2D eigenvalue weighted by molar-refractivity contribution is -0.120. The van der Waals surface area contributed by atoms with Crippen molar-refractivity contribution in [2.24, 2.45) is 5.92 Å². The number of nitrogens with zero attached hydrogens (tertiary/aromatic N) is 1. The van der Waals surface area contributed by atoms with Gasteiger partial charge in [-0.1, -0.05) is 23.8 Å². The zero-order valence-corrected chi connectivity index (χ0v) is 16.7. The van der Waals surface area contributed by atoms with Crippen LogP contribution in [-0.4, -0.2) is 42.1 Å². The molecule has 1 aromatic carbocycles. The molecule has 1 heterocycles. The molecule has 5 heteroatoms. The van der Waals surface area contributed by atoms with Crippen molar-refractivity contribution in [2.45, 2.75) is 59.5 Å². The lowest BCUT2D eigenvalue weighted by Crippen LogP contribution is -2.45. The van der Waals surface area contributed by atoms with Crippen LogP contribution < -0.4 is 5.32 Å². The summed E-state index contributed by atoms with van der Waals surface area (Å²) in [7, 11) is 0. The Hall–Kier alpha value is -2.04. The van der Waals surface area contributed by atoms with Crippen molar-refractivity contribution in [1.29, 1.82) is 0 Å². The van der Waals surface area contributed by atoms with Crippen LogP contribution >= 0.6 is 0 Å². The van der Waals surface area contributed by atoms with E-state index in [-0.39, 0.29) is 17.9 Å². The molecule has 0 spiro atoms. The summed E-state index contributed by atoms with van der Waals surface area (Å²) in [6.07, 6.45) is 2.10. The Morgan fingerprint density at radius 1 is 1.27 bits per heavy atom. The minimum Gasteiger partial charge on any atom is -0.444 e. The first kappa shape index (κ1) is 20.3. The van der Waals surface area contributed by atoms with Crippen molar-refractivity contribution in [3.05, 3.63) is 34.9 Å². The highest BCUT2D eigenvalue weighted by Gasteiger charge is 2.27. The molecular formula is C21H32N2O3. The second-order valence-corrected chi connectivity index (χ2v) is 8.35. The third kappa shape index (κ3) is 6.36. The molecule has 1 aliphatic rings. The van der Waals surface area contributed by atoms with E-state index in [1.54, 1.807) is 4.90 Å². The molecule has 1 unspecified atom stereocenters. The number of rotatable bonds is 4. The molecule has 144 valence electrons. The molecule has 0 aliphatic carbocycles. The molecule has 2 amide bonds. The van der Waals surface area contributed by atoms with Crippen LogP contribution in [0.4, 0.5) is 4.79 Å². The van der Waals surface area contributed by atoms with Crippen molar-refractivity contribution in [3.8, 4) is 0 Å². The molecule has 1 aliphatic heterocycles. The first-order valence-electron chi connectivity index (χ1n) is 9.45. The van der Waals surface area contributed by atoms with Crippen molar-refractivity contribution in [2.75, 3.05) is 19.6 Å². The smallest absolute Gasteiger partial charge is 0.410 e. The number of likely N-dealkylation sites (tertiary alicyclic amines) is 1. The van der Waals surface area contributed by atoms with Gasteiger partial charge in [-0.05, 0) is 64.5 Å². The van der Waals surface area contributed by atoms with Gasteiger partial charge in [0.25, 0.3) is 0 Å². The van der Waals surface area contributed by atoms with E-state index in [4.69, 9.17) is 4.74 Å². The van der Waals surface area contributed by atoms with Crippen LogP contribution in [0.2, 0.25) is 0 Å². The summed E-state index contributed by atoms with van der Waals surface area (Å²) in [4.78, 5) is 26.3. The van der Waals surface area contributed by atoms with E-state index in [9.17, 15) is 9.59 Å². The zero-order valence-electron chi connectivity index (χ0n) is 16.7. The SMILES string of the molecule is Cc1ccc(C)c(CC(=O)NCC2CCCN(C(=O)OC(C)(C)C)C2)c1. The lowest BCUT2D eigenvalue weighted by atomic mass is 9.98.